The molecular weight excluding hydrogens is 564 g/mol. The Labute approximate surface area is 250 Å². The number of rotatable bonds is 8. The molecule has 212 valence electrons. The van der Waals surface area contributed by atoms with Crippen LogP contribution in [0.5, 0.6) is 0 Å². The highest BCUT2D eigenvalue weighted by Gasteiger charge is 2.33. The first-order chi connectivity index (χ1) is 20.8. The Morgan fingerprint density at radius 1 is 0.465 bits per heavy atom. The first-order valence-electron chi connectivity index (χ1n) is 13.7. The Kier molecular flexibility index (Phi) is 7.56. The summed E-state index contributed by atoms with van der Waals surface area (Å²) in [6.07, 6.45) is 0.272. The lowest BCUT2D eigenvalue weighted by molar-refractivity contribution is -0.116. The molecule has 4 aromatic carbocycles. The lowest BCUT2D eigenvalue weighted by Gasteiger charge is -2.20. The second kappa shape index (κ2) is 11.6. The Balaban J connectivity index is 1.02. The number of hydrogen-bond donors (Lipinski definition) is 2. The van der Waals surface area contributed by atoms with Crippen LogP contribution in [-0.4, -0.2) is 46.5 Å². The summed E-state index contributed by atoms with van der Waals surface area (Å²) in [4.78, 5) is 77.5. The van der Waals surface area contributed by atoms with Crippen LogP contribution in [0.1, 0.15) is 76.5 Å². The second-order valence-electron chi connectivity index (χ2n) is 10.1. The third-order valence-corrected chi connectivity index (χ3v) is 8.39. The molecule has 8 nitrogen and oxygen atoms in total. The van der Waals surface area contributed by atoms with Gasteiger partial charge in [-0.05, 0) is 12.1 Å². The summed E-state index contributed by atoms with van der Waals surface area (Å²) < 4.78 is 0. The number of thioether (sulfide) groups is 1. The molecular formula is C34H24N2O6S. The van der Waals surface area contributed by atoms with E-state index >= 15 is 0 Å². The fourth-order valence-electron chi connectivity index (χ4n) is 5.36. The molecule has 0 aliphatic heterocycles. The summed E-state index contributed by atoms with van der Waals surface area (Å²) in [6, 6.07) is 22.9. The molecule has 0 bridgehead atoms. The minimum absolute atomic E-state index is 0.136. The number of carbonyl (C=O) groups is 6. The maximum Gasteiger partial charge on any atom is 0.225 e. The predicted octanol–water partition coefficient (Wildman–Crippen LogP) is 5.33. The van der Waals surface area contributed by atoms with Gasteiger partial charge in [0.15, 0.2) is 23.1 Å². The molecule has 2 aliphatic rings. The van der Waals surface area contributed by atoms with Crippen molar-refractivity contribution in [2.24, 2.45) is 0 Å². The Bertz CT molecular complexity index is 1740. The van der Waals surface area contributed by atoms with Crippen LogP contribution in [0.25, 0.3) is 0 Å². The zero-order chi connectivity index (χ0) is 30.1. The molecule has 6 rings (SSSR count). The quantitative estimate of drug-likeness (QED) is 0.230. The van der Waals surface area contributed by atoms with Crippen LogP contribution in [0.15, 0.2) is 84.9 Å². The van der Waals surface area contributed by atoms with Crippen LogP contribution in [-0.2, 0) is 9.59 Å². The minimum atomic E-state index is -0.316. The number of fused-ring (bicyclic) bond motifs is 4. The van der Waals surface area contributed by atoms with Crippen LogP contribution in [0.3, 0.4) is 0 Å². The summed E-state index contributed by atoms with van der Waals surface area (Å²) in [5, 5.41) is 5.53. The van der Waals surface area contributed by atoms with Gasteiger partial charge in [-0.1, -0.05) is 72.8 Å². The van der Waals surface area contributed by atoms with Crippen molar-refractivity contribution >= 4 is 58.1 Å². The molecule has 0 saturated carbocycles. The topological polar surface area (TPSA) is 126 Å². The zero-order valence-electron chi connectivity index (χ0n) is 22.8. The van der Waals surface area contributed by atoms with Gasteiger partial charge in [-0.15, -0.1) is 0 Å². The molecule has 2 amide bonds. The van der Waals surface area contributed by atoms with E-state index in [-0.39, 0.29) is 70.0 Å². The number of amides is 2. The van der Waals surface area contributed by atoms with Gasteiger partial charge in [-0.3, -0.25) is 28.8 Å². The van der Waals surface area contributed by atoms with Crippen LogP contribution in [0, 0.1) is 0 Å². The number of benzene rings is 4. The van der Waals surface area contributed by atoms with Crippen molar-refractivity contribution in [1.82, 2.24) is 0 Å². The predicted molar refractivity (Wildman–Crippen MR) is 163 cm³/mol. The number of nitrogens with one attached hydrogen (secondary N) is 2. The Morgan fingerprint density at radius 2 is 0.814 bits per heavy atom. The summed E-state index contributed by atoms with van der Waals surface area (Å²) in [5.74, 6) is -0.915. The molecule has 0 radical (unpaired) electrons. The van der Waals surface area contributed by atoms with Crippen LogP contribution in [0.4, 0.5) is 11.4 Å². The van der Waals surface area contributed by atoms with E-state index in [0.29, 0.717) is 45.1 Å². The minimum Gasteiger partial charge on any atom is -0.325 e. The molecule has 0 unspecified atom stereocenters. The van der Waals surface area contributed by atoms with Gasteiger partial charge in [-0.25, -0.2) is 0 Å². The van der Waals surface area contributed by atoms with E-state index in [1.54, 1.807) is 84.9 Å². The highest BCUT2D eigenvalue weighted by atomic mass is 32.2. The van der Waals surface area contributed by atoms with Crippen molar-refractivity contribution in [1.29, 1.82) is 0 Å². The maximum absolute atomic E-state index is 13.1. The van der Waals surface area contributed by atoms with E-state index in [0.717, 1.165) is 0 Å². The Hall–Kier alpha value is -5.15. The Morgan fingerprint density at radius 3 is 1.21 bits per heavy atom. The van der Waals surface area contributed by atoms with Crippen molar-refractivity contribution in [3.63, 3.8) is 0 Å². The third kappa shape index (κ3) is 5.19. The van der Waals surface area contributed by atoms with Crippen molar-refractivity contribution in [3.05, 3.63) is 129 Å². The highest BCUT2D eigenvalue weighted by Crippen LogP contribution is 2.33. The van der Waals surface area contributed by atoms with Crippen molar-refractivity contribution in [2.75, 3.05) is 22.1 Å². The molecule has 0 atom stereocenters. The first kappa shape index (κ1) is 28.0. The van der Waals surface area contributed by atoms with E-state index in [4.69, 9.17) is 0 Å². The zero-order valence-corrected chi connectivity index (χ0v) is 23.6. The molecule has 2 aliphatic carbocycles. The van der Waals surface area contributed by atoms with E-state index in [2.05, 4.69) is 10.6 Å². The van der Waals surface area contributed by atoms with Gasteiger partial charge in [-0.2, -0.15) is 11.8 Å². The highest BCUT2D eigenvalue weighted by molar-refractivity contribution is 7.99. The maximum atomic E-state index is 13.1. The molecule has 2 N–H and O–H groups in total. The first-order valence-corrected chi connectivity index (χ1v) is 14.8. The smallest absolute Gasteiger partial charge is 0.225 e. The third-order valence-electron chi connectivity index (χ3n) is 7.40. The van der Waals surface area contributed by atoms with Crippen LogP contribution in [0.2, 0.25) is 0 Å². The van der Waals surface area contributed by atoms with Crippen LogP contribution < -0.4 is 10.6 Å². The van der Waals surface area contributed by atoms with Gasteiger partial charge in [0.25, 0.3) is 0 Å². The van der Waals surface area contributed by atoms with Gasteiger partial charge < -0.3 is 10.6 Å². The van der Waals surface area contributed by atoms with Gasteiger partial charge in [0.1, 0.15) is 0 Å². The lowest BCUT2D eigenvalue weighted by Crippen LogP contribution is -2.24. The normalized spacial score (nSPS) is 13.0. The average molecular weight is 589 g/mol. The molecule has 0 saturated heterocycles. The van der Waals surface area contributed by atoms with E-state index in [1.165, 1.54) is 11.8 Å². The molecule has 0 aromatic heterocycles. The summed E-state index contributed by atoms with van der Waals surface area (Å²) in [7, 11) is 0. The van der Waals surface area contributed by atoms with Crippen molar-refractivity contribution in [2.45, 2.75) is 12.8 Å². The number of hydrogen-bond acceptors (Lipinski definition) is 7. The fraction of sp³-hybridized carbons (Fsp3) is 0.118. The van der Waals surface area contributed by atoms with Gasteiger partial charge in [0.2, 0.25) is 11.8 Å². The van der Waals surface area contributed by atoms with Gasteiger partial charge in [0.05, 0.1) is 22.5 Å². The second-order valence-corrected chi connectivity index (χ2v) is 11.3. The lowest BCUT2D eigenvalue weighted by atomic mass is 9.83. The fourth-order valence-corrected chi connectivity index (χ4v) is 6.22. The van der Waals surface area contributed by atoms with Gasteiger partial charge >= 0.3 is 0 Å². The molecule has 0 spiro atoms. The SMILES string of the molecule is O=C(CCSCCC(=O)Nc1cccc2c1C(=O)c1ccccc1C2=O)Nc1cccc2c1C(=O)c1ccccc1C2=O. The molecule has 4 aromatic rings. The molecule has 43 heavy (non-hydrogen) atoms. The average Bonchev–Trinajstić information content (AvgIpc) is 3.02. The van der Waals surface area contributed by atoms with Crippen molar-refractivity contribution < 1.29 is 28.8 Å². The standard InChI is InChI=1S/C34H24N2O6S/c37-27(35-25-13-5-11-23-29(25)33(41)21-9-3-1-7-19(21)31(23)39)15-17-43-18-16-28(38)36-26-14-6-12-24-30(26)34(42)22-10-4-2-8-20(22)32(24)40/h1-14H,15-18H2,(H,35,37)(H,36,38). The number of ketones is 4. The monoisotopic (exact) mass is 588 g/mol. The van der Waals surface area contributed by atoms with E-state index in [1.807, 2.05) is 0 Å². The molecule has 0 heterocycles. The summed E-state index contributed by atoms with van der Waals surface area (Å²) in [5.41, 5.74) is 2.81. The summed E-state index contributed by atoms with van der Waals surface area (Å²) in [6.45, 7) is 0. The van der Waals surface area contributed by atoms with E-state index < -0.39 is 0 Å². The van der Waals surface area contributed by atoms with Crippen LogP contribution >= 0.6 is 11.8 Å². The molecule has 9 heteroatoms. The number of anilines is 2. The van der Waals surface area contributed by atoms with Gasteiger partial charge in [0, 0.05) is 57.7 Å². The largest absolute Gasteiger partial charge is 0.325 e. The van der Waals surface area contributed by atoms with E-state index in [9.17, 15) is 28.8 Å². The summed E-state index contributed by atoms with van der Waals surface area (Å²) >= 11 is 1.41. The number of carbonyl (C=O) groups excluding carboxylic acids is 6. The molecule has 0 fully saturated rings. The van der Waals surface area contributed by atoms with Crippen molar-refractivity contribution in [3.8, 4) is 0 Å².